The predicted octanol–water partition coefficient (Wildman–Crippen LogP) is 2.95. The number of ether oxygens (including phenoxy) is 2. The van der Waals surface area contributed by atoms with Crippen molar-refractivity contribution in [3.8, 4) is 11.5 Å². The molecule has 2 aromatic rings. The lowest BCUT2D eigenvalue weighted by molar-refractivity contribution is -0.139. The van der Waals surface area contributed by atoms with E-state index in [0.29, 0.717) is 36.9 Å². The number of nitrogens with zero attached hydrogens (tertiary/aromatic N) is 2. The third-order valence-corrected chi connectivity index (χ3v) is 7.73. The van der Waals surface area contributed by atoms with Crippen molar-refractivity contribution in [2.45, 2.75) is 46.2 Å². The molecule has 2 aromatic carbocycles. The summed E-state index contributed by atoms with van der Waals surface area (Å²) in [6.07, 6.45) is 1.76. The predicted molar refractivity (Wildman–Crippen MR) is 139 cm³/mol. The van der Waals surface area contributed by atoms with Crippen molar-refractivity contribution >= 4 is 27.5 Å². The van der Waals surface area contributed by atoms with Crippen LogP contribution in [0.15, 0.2) is 48.5 Å². The average Bonchev–Trinajstić information content (AvgIpc) is 2.90. The largest absolute Gasteiger partial charge is 0.486 e. The van der Waals surface area contributed by atoms with E-state index in [1.54, 1.807) is 25.1 Å². The van der Waals surface area contributed by atoms with Gasteiger partial charge < -0.3 is 19.7 Å². The molecule has 0 saturated heterocycles. The van der Waals surface area contributed by atoms with Crippen LogP contribution in [-0.4, -0.2) is 63.2 Å². The van der Waals surface area contributed by atoms with Gasteiger partial charge in [0.25, 0.3) is 0 Å². The molecule has 2 amide bonds. The summed E-state index contributed by atoms with van der Waals surface area (Å²) >= 11 is 0. The smallest absolute Gasteiger partial charge is 0.244 e. The first-order valence-electron chi connectivity index (χ1n) is 12.3. The van der Waals surface area contributed by atoms with E-state index < -0.39 is 28.5 Å². The van der Waals surface area contributed by atoms with Crippen molar-refractivity contribution in [3.05, 3.63) is 54.1 Å². The molecule has 36 heavy (non-hydrogen) atoms. The van der Waals surface area contributed by atoms with Crippen molar-refractivity contribution in [2.75, 3.05) is 36.4 Å². The number of hydrogen-bond donors (Lipinski definition) is 1. The van der Waals surface area contributed by atoms with Crippen LogP contribution < -0.4 is 19.1 Å². The van der Waals surface area contributed by atoms with Crippen LogP contribution in [0.1, 0.15) is 39.2 Å². The standard InChI is InChI=1S/C26H35N3O6S/c1-4-6-14-27-26(31)20(3)28(18-21-10-8-7-9-11-21)25(30)19-29(36(32,33)5-2)22-12-13-23-24(17-22)35-16-15-34-23/h7-13,17,20H,4-6,14-16,18-19H2,1-3H3,(H,27,31)/t20-/m1/s1. The third kappa shape index (κ3) is 6.90. The molecule has 1 atom stereocenters. The maximum Gasteiger partial charge on any atom is 0.244 e. The molecule has 1 aliphatic rings. The maximum atomic E-state index is 13.6. The van der Waals surface area contributed by atoms with E-state index in [1.165, 1.54) is 11.8 Å². The van der Waals surface area contributed by atoms with Crippen LogP contribution in [0.4, 0.5) is 5.69 Å². The Hall–Kier alpha value is -3.27. The molecule has 0 aliphatic carbocycles. The van der Waals surface area contributed by atoms with Gasteiger partial charge in [-0.15, -0.1) is 0 Å². The van der Waals surface area contributed by atoms with Gasteiger partial charge in [0.2, 0.25) is 21.8 Å². The van der Waals surface area contributed by atoms with E-state index in [2.05, 4.69) is 5.32 Å². The molecule has 0 spiro atoms. The van der Waals surface area contributed by atoms with Crippen LogP contribution in [0, 0.1) is 0 Å². The van der Waals surface area contributed by atoms with Crippen LogP contribution in [0.2, 0.25) is 0 Å². The molecule has 0 unspecified atom stereocenters. The van der Waals surface area contributed by atoms with E-state index in [4.69, 9.17) is 9.47 Å². The summed E-state index contributed by atoms with van der Waals surface area (Å²) in [6, 6.07) is 13.3. The van der Waals surface area contributed by atoms with Crippen LogP contribution in [0.3, 0.4) is 0 Å². The van der Waals surface area contributed by atoms with E-state index in [9.17, 15) is 18.0 Å². The number of sulfonamides is 1. The van der Waals surface area contributed by atoms with Crippen molar-refractivity contribution in [1.82, 2.24) is 10.2 Å². The Morgan fingerprint density at radius 2 is 1.72 bits per heavy atom. The molecular weight excluding hydrogens is 482 g/mol. The second kappa shape index (κ2) is 12.6. The van der Waals surface area contributed by atoms with E-state index in [-0.39, 0.29) is 18.2 Å². The lowest BCUT2D eigenvalue weighted by Crippen LogP contribution is -2.51. The average molecular weight is 518 g/mol. The Morgan fingerprint density at radius 3 is 2.39 bits per heavy atom. The molecule has 196 valence electrons. The van der Waals surface area contributed by atoms with E-state index in [0.717, 1.165) is 22.7 Å². The van der Waals surface area contributed by atoms with Crippen molar-refractivity contribution in [2.24, 2.45) is 0 Å². The topological polar surface area (TPSA) is 105 Å². The van der Waals surface area contributed by atoms with Gasteiger partial charge in [0.1, 0.15) is 25.8 Å². The van der Waals surface area contributed by atoms with Crippen molar-refractivity contribution in [1.29, 1.82) is 0 Å². The molecule has 10 heteroatoms. The number of rotatable bonds is 12. The highest BCUT2D eigenvalue weighted by molar-refractivity contribution is 7.92. The van der Waals surface area contributed by atoms with Crippen LogP contribution in [0.25, 0.3) is 0 Å². The summed E-state index contributed by atoms with van der Waals surface area (Å²) in [5, 5.41) is 2.87. The van der Waals surface area contributed by atoms with E-state index in [1.807, 2.05) is 37.3 Å². The van der Waals surface area contributed by atoms with Gasteiger partial charge in [0.15, 0.2) is 11.5 Å². The third-order valence-electron chi connectivity index (χ3n) is 5.99. The van der Waals surface area contributed by atoms with Gasteiger partial charge in [-0.1, -0.05) is 43.7 Å². The number of benzene rings is 2. The van der Waals surface area contributed by atoms with Crippen LogP contribution in [-0.2, 0) is 26.2 Å². The first-order valence-corrected chi connectivity index (χ1v) is 13.9. The molecule has 1 aliphatic heterocycles. The molecule has 9 nitrogen and oxygen atoms in total. The molecule has 0 bridgehead atoms. The molecule has 0 aromatic heterocycles. The summed E-state index contributed by atoms with van der Waals surface area (Å²) < 4.78 is 38.4. The molecule has 0 fully saturated rings. The molecule has 3 rings (SSSR count). The Kier molecular flexibility index (Phi) is 9.58. The number of carbonyl (C=O) groups excluding carboxylic acids is 2. The van der Waals surface area contributed by atoms with Crippen LogP contribution in [0.5, 0.6) is 11.5 Å². The second-order valence-electron chi connectivity index (χ2n) is 8.56. The number of fused-ring (bicyclic) bond motifs is 1. The van der Waals surface area contributed by atoms with Crippen molar-refractivity contribution in [3.63, 3.8) is 0 Å². The quantitative estimate of drug-likeness (QED) is 0.434. The zero-order valence-electron chi connectivity index (χ0n) is 21.1. The highest BCUT2D eigenvalue weighted by Gasteiger charge is 2.31. The first-order chi connectivity index (χ1) is 17.3. The molecular formula is C26H35N3O6S. The first kappa shape index (κ1) is 27.3. The minimum atomic E-state index is -3.82. The van der Waals surface area contributed by atoms with Crippen molar-refractivity contribution < 1.29 is 27.5 Å². The van der Waals surface area contributed by atoms with Gasteiger partial charge in [-0.05, 0) is 38.0 Å². The number of hydrogen-bond acceptors (Lipinski definition) is 6. The van der Waals surface area contributed by atoms with Gasteiger partial charge in [0.05, 0.1) is 11.4 Å². The van der Waals surface area contributed by atoms with Crippen LogP contribution >= 0.6 is 0 Å². The summed E-state index contributed by atoms with van der Waals surface area (Å²) in [6.45, 7) is 6.21. The summed E-state index contributed by atoms with van der Waals surface area (Å²) in [4.78, 5) is 27.9. The minimum absolute atomic E-state index is 0.170. The number of anilines is 1. The molecule has 0 saturated carbocycles. The Balaban J connectivity index is 1.90. The summed E-state index contributed by atoms with van der Waals surface area (Å²) in [7, 11) is -3.82. The van der Waals surface area contributed by atoms with E-state index >= 15 is 0 Å². The fourth-order valence-electron chi connectivity index (χ4n) is 3.81. The zero-order chi connectivity index (χ0) is 26.1. The Bertz CT molecular complexity index is 1140. The second-order valence-corrected chi connectivity index (χ2v) is 10.7. The zero-order valence-corrected chi connectivity index (χ0v) is 21.9. The minimum Gasteiger partial charge on any atom is -0.486 e. The number of unbranched alkanes of at least 4 members (excludes halogenated alkanes) is 1. The highest BCUT2D eigenvalue weighted by Crippen LogP contribution is 2.35. The lowest BCUT2D eigenvalue weighted by atomic mass is 10.1. The van der Waals surface area contributed by atoms with Gasteiger partial charge in [-0.25, -0.2) is 8.42 Å². The highest BCUT2D eigenvalue weighted by atomic mass is 32.2. The molecule has 0 radical (unpaired) electrons. The van der Waals surface area contributed by atoms with Gasteiger partial charge in [0, 0.05) is 19.2 Å². The Morgan fingerprint density at radius 1 is 1.03 bits per heavy atom. The van der Waals surface area contributed by atoms with Gasteiger partial charge in [-0.2, -0.15) is 0 Å². The monoisotopic (exact) mass is 517 g/mol. The fraction of sp³-hybridized carbons (Fsp3) is 0.462. The maximum absolute atomic E-state index is 13.6. The number of amides is 2. The van der Waals surface area contributed by atoms with Gasteiger partial charge >= 0.3 is 0 Å². The SMILES string of the molecule is CCCCNC(=O)[C@@H](C)N(Cc1ccccc1)C(=O)CN(c1ccc2c(c1)OCCO2)S(=O)(=O)CC. The summed E-state index contributed by atoms with van der Waals surface area (Å²) in [5.74, 6) is -0.0121. The fourth-order valence-corrected chi connectivity index (χ4v) is 4.86. The Labute approximate surface area is 213 Å². The molecule has 1 N–H and O–H groups in total. The number of nitrogens with one attached hydrogen (secondary N) is 1. The van der Waals surface area contributed by atoms with Gasteiger partial charge in [-0.3, -0.25) is 13.9 Å². The normalized spacial score (nSPS) is 13.5. The lowest BCUT2D eigenvalue weighted by Gasteiger charge is -2.32. The summed E-state index contributed by atoms with van der Waals surface area (Å²) in [5.41, 5.74) is 1.14. The number of carbonyl (C=O) groups is 2. The molecule has 1 heterocycles.